The number of hydrogen-bond acceptors (Lipinski definition) is 6. The Bertz CT molecular complexity index is 1610. The summed E-state index contributed by atoms with van der Waals surface area (Å²) in [6.45, 7) is 2.53. The largest absolute Gasteiger partial charge is 0.507 e. The van der Waals surface area contributed by atoms with E-state index in [9.17, 15) is 19.8 Å². The molecule has 0 aliphatic heterocycles. The zero-order chi connectivity index (χ0) is 27.4. The number of amides is 1. The van der Waals surface area contributed by atoms with Crippen LogP contribution in [0.5, 0.6) is 5.75 Å². The van der Waals surface area contributed by atoms with E-state index in [-0.39, 0.29) is 23.3 Å². The molecule has 0 bridgehead atoms. The molecule has 9 heteroatoms. The fourth-order valence-corrected chi connectivity index (χ4v) is 4.57. The summed E-state index contributed by atoms with van der Waals surface area (Å²) in [7, 11) is 0. The van der Waals surface area contributed by atoms with Crippen LogP contribution in [0.1, 0.15) is 48.1 Å². The third-order valence-corrected chi connectivity index (χ3v) is 6.59. The molecule has 0 aliphatic rings. The molecule has 0 fully saturated rings. The number of fused-ring (bicyclic) bond motifs is 1. The molecule has 0 radical (unpaired) electrons. The summed E-state index contributed by atoms with van der Waals surface area (Å²) in [4.78, 5) is 24.0. The van der Waals surface area contributed by atoms with Crippen LogP contribution in [-0.2, 0) is 11.3 Å². The molecular weight excluding hydrogens is 496 g/mol. The molecule has 2 aromatic heterocycles. The van der Waals surface area contributed by atoms with Crippen LogP contribution in [0.4, 0.5) is 0 Å². The monoisotopic (exact) mass is 524 g/mol. The van der Waals surface area contributed by atoms with Gasteiger partial charge in [0.1, 0.15) is 28.4 Å². The predicted octanol–water partition coefficient (Wildman–Crippen LogP) is 5.81. The van der Waals surface area contributed by atoms with Crippen molar-refractivity contribution < 1.29 is 24.2 Å². The first kappa shape index (κ1) is 25.7. The van der Waals surface area contributed by atoms with Crippen molar-refractivity contribution in [3.05, 3.63) is 90.1 Å². The Labute approximate surface area is 224 Å². The first-order chi connectivity index (χ1) is 18.9. The standard InChI is InChI=1S/C30H28N4O5/c1-19(20-10-4-2-5-11-20)31-27(36)14-8-9-15-34-18-24(32-33-34)28-23-16-22(30(37)38)25(35)17-26(23)39-29(28)21-12-6-3-7-13-21/h2-7,10-13,16-19,35H,8-9,14-15H2,1H3,(H,31,36)(H,37,38). The minimum Gasteiger partial charge on any atom is -0.507 e. The number of phenols is 1. The van der Waals surface area contributed by atoms with Gasteiger partial charge in [-0.15, -0.1) is 5.10 Å². The second kappa shape index (κ2) is 11.2. The van der Waals surface area contributed by atoms with E-state index in [1.165, 1.54) is 12.1 Å². The molecule has 2 heterocycles. The third-order valence-electron chi connectivity index (χ3n) is 6.59. The van der Waals surface area contributed by atoms with Crippen LogP contribution < -0.4 is 5.32 Å². The zero-order valence-electron chi connectivity index (χ0n) is 21.4. The Morgan fingerprint density at radius 3 is 2.46 bits per heavy atom. The number of carboxylic acid groups (broad SMARTS) is 1. The molecule has 1 unspecified atom stereocenters. The van der Waals surface area contributed by atoms with E-state index in [0.29, 0.717) is 47.4 Å². The van der Waals surface area contributed by atoms with Gasteiger partial charge in [0.25, 0.3) is 0 Å². The Hall–Kier alpha value is -4.92. The number of benzene rings is 3. The molecule has 0 spiro atoms. The van der Waals surface area contributed by atoms with Crippen LogP contribution >= 0.6 is 0 Å². The molecule has 0 saturated heterocycles. The van der Waals surface area contributed by atoms with Crippen molar-refractivity contribution in [2.24, 2.45) is 0 Å². The highest BCUT2D eigenvalue weighted by atomic mass is 16.4. The molecule has 5 aromatic rings. The summed E-state index contributed by atoms with van der Waals surface area (Å²) >= 11 is 0. The van der Waals surface area contributed by atoms with Crippen molar-refractivity contribution in [1.29, 1.82) is 0 Å². The van der Waals surface area contributed by atoms with Crippen LogP contribution in [-0.4, -0.2) is 37.1 Å². The van der Waals surface area contributed by atoms with Crippen molar-refractivity contribution in [2.75, 3.05) is 0 Å². The molecule has 1 atom stereocenters. The van der Waals surface area contributed by atoms with Gasteiger partial charge in [0, 0.05) is 30.0 Å². The smallest absolute Gasteiger partial charge is 0.339 e. The molecule has 0 aliphatic carbocycles. The molecule has 3 N–H and O–H groups in total. The van der Waals surface area contributed by atoms with Crippen molar-refractivity contribution in [2.45, 2.75) is 38.8 Å². The molecular formula is C30H28N4O5. The lowest BCUT2D eigenvalue weighted by atomic mass is 10.0. The number of aromatic carboxylic acids is 1. The maximum atomic E-state index is 12.4. The normalized spacial score (nSPS) is 11.9. The number of nitrogens with zero attached hydrogens (tertiary/aromatic N) is 3. The Kier molecular flexibility index (Phi) is 7.40. The maximum absolute atomic E-state index is 12.4. The van der Waals surface area contributed by atoms with Crippen LogP contribution in [0.3, 0.4) is 0 Å². The topological polar surface area (TPSA) is 130 Å². The van der Waals surface area contributed by atoms with Gasteiger partial charge < -0.3 is 19.9 Å². The fourth-order valence-electron chi connectivity index (χ4n) is 4.57. The Balaban J connectivity index is 1.31. The van der Waals surface area contributed by atoms with E-state index in [2.05, 4.69) is 15.6 Å². The van der Waals surface area contributed by atoms with Crippen molar-refractivity contribution in [3.8, 4) is 28.3 Å². The van der Waals surface area contributed by atoms with E-state index >= 15 is 0 Å². The molecule has 39 heavy (non-hydrogen) atoms. The summed E-state index contributed by atoms with van der Waals surface area (Å²) in [6.07, 6.45) is 3.60. The first-order valence-corrected chi connectivity index (χ1v) is 12.7. The van der Waals surface area contributed by atoms with Gasteiger partial charge in [-0.1, -0.05) is 65.9 Å². The number of unbranched alkanes of at least 4 members (excludes halogenated alkanes) is 1. The number of aromatic nitrogens is 3. The molecule has 3 aromatic carbocycles. The average Bonchev–Trinajstić information content (AvgIpc) is 3.55. The quantitative estimate of drug-likeness (QED) is 0.197. The number of carboxylic acids is 1. The van der Waals surface area contributed by atoms with Crippen molar-refractivity contribution in [1.82, 2.24) is 20.3 Å². The number of carbonyl (C=O) groups excluding carboxylic acids is 1. The van der Waals surface area contributed by atoms with E-state index in [1.54, 1.807) is 10.9 Å². The van der Waals surface area contributed by atoms with Crippen molar-refractivity contribution in [3.63, 3.8) is 0 Å². The van der Waals surface area contributed by atoms with Crippen LogP contribution in [0.25, 0.3) is 33.6 Å². The number of carbonyl (C=O) groups is 2. The number of rotatable bonds is 10. The Morgan fingerprint density at radius 1 is 1.03 bits per heavy atom. The highest BCUT2D eigenvalue weighted by Gasteiger charge is 2.23. The summed E-state index contributed by atoms with van der Waals surface area (Å²) in [6, 6.07) is 21.9. The van der Waals surface area contributed by atoms with Gasteiger partial charge in [-0.05, 0) is 31.4 Å². The SMILES string of the molecule is CC(NC(=O)CCCCn1cc(-c2c(-c3ccccc3)oc3cc(O)c(C(=O)O)cc23)nn1)c1ccccc1. The maximum Gasteiger partial charge on any atom is 0.339 e. The summed E-state index contributed by atoms with van der Waals surface area (Å²) in [5.74, 6) is -1.11. The highest BCUT2D eigenvalue weighted by Crippen LogP contribution is 2.42. The van der Waals surface area contributed by atoms with E-state index in [1.807, 2.05) is 67.6 Å². The second-order valence-corrected chi connectivity index (χ2v) is 9.37. The minimum absolute atomic E-state index is 0.000453. The fraction of sp³-hybridized carbons (Fsp3) is 0.200. The highest BCUT2D eigenvalue weighted by molar-refractivity contribution is 6.05. The van der Waals surface area contributed by atoms with E-state index in [0.717, 1.165) is 17.5 Å². The zero-order valence-corrected chi connectivity index (χ0v) is 21.4. The number of furan rings is 1. The summed E-state index contributed by atoms with van der Waals surface area (Å²) in [5.41, 5.74) is 3.08. The number of aryl methyl sites for hydroxylation is 1. The minimum atomic E-state index is -1.24. The van der Waals surface area contributed by atoms with Gasteiger partial charge in [-0.3, -0.25) is 9.48 Å². The molecule has 1 amide bonds. The molecule has 9 nitrogen and oxygen atoms in total. The summed E-state index contributed by atoms with van der Waals surface area (Å²) in [5, 5.41) is 31.9. The Morgan fingerprint density at radius 2 is 1.74 bits per heavy atom. The first-order valence-electron chi connectivity index (χ1n) is 12.7. The number of aromatic hydroxyl groups is 1. The van der Waals surface area contributed by atoms with E-state index < -0.39 is 5.97 Å². The van der Waals surface area contributed by atoms with E-state index in [4.69, 9.17) is 4.42 Å². The van der Waals surface area contributed by atoms with Crippen LogP contribution in [0, 0.1) is 0 Å². The number of hydrogen-bond donors (Lipinski definition) is 3. The van der Waals surface area contributed by atoms with Gasteiger partial charge in [0.05, 0.1) is 17.8 Å². The number of nitrogens with one attached hydrogen (secondary N) is 1. The van der Waals surface area contributed by atoms with Gasteiger partial charge in [-0.25, -0.2) is 4.79 Å². The van der Waals surface area contributed by atoms with Gasteiger partial charge >= 0.3 is 5.97 Å². The van der Waals surface area contributed by atoms with Gasteiger partial charge in [0.2, 0.25) is 5.91 Å². The predicted molar refractivity (Wildman–Crippen MR) is 146 cm³/mol. The lowest BCUT2D eigenvalue weighted by molar-refractivity contribution is -0.121. The second-order valence-electron chi connectivity index (χ2n) is 9.37. The van der Waals surface area contributed by atoms with Crippen molar-refractivity contribution >= 4 is 22.8 Å². The lowest BCUT2D eigenvalue weighted by Crippen LogP contribution is -2.26. The molecule has 5 rings (SSSR count). The third kappa shape index (κ3) is 5.67. The molecule has 198 valence electrons. The molecule has 0 saturated carbocycles. The van der Waals surface area contributed by atoms with Gasteiger partial charge in [-0.2, -0.15) is 0 Å². The van der Waals surface area contributed by atoms with Crippen LogP contribution in [0.15, 0.2) is 83.4 Å². The average molecular weight is 525 g/mol. The van der Waals surface area contributed by atoms with Crippen LogP contribution in [0.2, 0.25) is 0 Å². The summed E-state index contributed by atoms with van der Waals surface area (Å²) < 4.78 is 7.78. The lowest BCUT2D eigenvalue weighted by Gasteiger charge is -2.14. The van der Waals surface area contributed by atoms with Gasteiger partial charge in [0.15, 0.2) is 0 Å².